The molecule has 8 heteroatoms. The number of nitrogens with zero attached hydrogens (tertiary/aromatic N) is 3. The monoisotopic (exact) mass is 382 g/mol. The SMILES string of the molecule is C=C1CCC(N2C(=O)c3ccc(N4CCN(CC=O)CC4)cc3C2=O)C(=O)N1. The second-order valence-corrected chi connectivity index (χ2v) is 7.31. The van der Waals surface area contributed by atoms with E-state index in [1.807, 2.05) is 6.07 Å². The normalized spacial score (nSPS) is 23.1. The van der Waals surface area contributed by atoms with E-state index in [4.69, 9.17) is 0 Å². The molecular formula is C20H22N4O4. The average molecular weight is 382 g/mol. The van der Waals surface area contributed by atoms with Gasteiger partial charge < -0.3 is 15.0 Å². The topological polar surface area (TPSA) is 90.0 Å². The van der Waals surface area contributed by atoms with Crippen LogP contribution in [0, 0.1) is 0 Å². The van der Waals surface area contributed by atoms with E-state index >= 15 is 0 Å². The van der Waals surface area contributed by atoms with Crippen LogP contribution in [0.3, 0.4) is 0 Å². The molecule has 1 aromatic rings. The van der Waals surface area contributed by atoms with Crippen molar-refractivity contribution < 1.29 is 19.2 Å². The number of aldehydes is 1. The van der Waals surface area contributed by atoms with E-state index < -0.39 is 17.9 Å². The van der Waals surface area contributed by atoms with Crippen LogP contribution in [0.25, 0.3) is 0 Å². The van der Waals surface area contributed by atoms with E-state index in [9.17, 15) is 19.2 Å². The number of piperidine rings is 1. The Kier molecular flexibility index (Phi) is 4.72. The highest BCUT2D eigenvalue weighted by atomic mass is 16.2. The summed E-state index contributed by atoms with van der Waals surface area (Å²) in [5, 5.41) is 2.63. The van der Waals surface area contributed by atoms with Crippen molar-refractivity contribution in [1.82, 2.24) is 15.1 Å². The summed E-state index contributed by atoms with van der Waals surface area (Å²) in [7, 11) is 0. The Balaban J connectivity index is 1.54. The number of imide groups is 1. The van der Waals surface area contributed by atoms with Gasteiger partial charge in [0.2, 0.25) is 5.91 Å². The molecule has 0 aliphatic carbocycles. The standard InChI is InChI=1S/C20H22N4O4/c1-13-2-5-17(18(26)21-13)24-19(27)15-4-3-14(12-16(15)20(24)28)23-8-6-22(7-9-23)10-11-25/h3-4,11-12,17H,1-2,5-10H2,(H,21,26). The first kappa shape index (κ1) is 18.4. The molecule has 3 heterocycles. The maximum absolute atomic E-state index is 12.9. The number of fused-ring (bicyclic) bond motifs is 1. The van der Waals surface area contributed by atoms with Crippen molar-refractivity contribution in [2.45, 2.75) is 18.9 Å². The van der Waals surface area contributed by atoms with Gasteiger partial charge in [0.15, 0.2) is 0 Å². The molecule has 28 heavy (non-hydrogen) atoms. The average Bonchev–Trinajstić information content (AvgIpc) is 2.93. The van der Waals surface area contributed by atoms with Crippen molar-refractivity contribution >= 4 is 29.7 Å². The second-order valence-electron chi connectivity index (χ2n) is 7.31. The third-order valence-electron chi connectivity index (χ3n) is 5.61. The van der Waals surface area contributed by atoms with Crippen LogP contribution < -0.4 is 10.2 Å². The van der Waals surface area contributed by atoms with Gasteiger partial charge in [-0.25, -0.2) is 0 Å². The lowest BCUT2D eigenvalue weighted by Gasteiger charge is -2.35. The Morgan fingerprint density at radius 3 is 2.46 bits per heavy atom. The minimum absolute atomic E-state index is 0.338. The lowest BCUT2D eigenvalue weighted by molar-refractivity contribution is -0.125. The van der Waals surface area contributed by atoms with Crippen molar-refractivity contribution in [3.63, 3.8) is 0 Å². The number of carbonyl (C=O) groups is 4. The van der Waals surface area contributed by atoms with Gasteiger partial charge >= 0.3 is 0 Å². The van der Waals surface area contributed by atoms with Crippen molar-refractivity contribution in [2.75, 3.05) is 37.6 Å². The Morgan fingerprint density at radius 1 is 1.07 bits per heavy atom. The van der Waals surface area contributed by atoms with Gasteiger partial charge in [-0.3, -0.25) is 24.2 Å². The maximum Gasteiger partial charge on any atom is 0.262 e. The molecule has 0 bridgehead atoms. The molecule has 2 fully saturated rings. The molecule has 3 aliphatic heterocycles. The number of hydrogen-bond acceptors (Lipinski definition) is 6. The Hall–Kier alpha value is -3.00. The summed E-state index contributed by atoms with van der Waals surface area (Å²) in [6.07, 6.45) is 1.84. The number of allylic oxidation sites excluding steroid dienone is 1. The summed E-state index contributed by atoms with van der Waals surface area (Å²) < 4.78 is 0. The van der Waals surface area contributed by atoms with Gasteiger partial charge in [0.05, 0.1) is 17.7 Å². The van der Waals surface area contributed by atoms with E-state index in [-0.39, 0.29) is 5.91 Å². The van der Waals surface area contributed by atoms with Crippen LogP contribution in [0.5, 0.6) is 0 Å². The fourth-order valence-electron chi connectivity index (χ4n) is 4.03. The van der Waals surface area contributed by atoms with E-state index in [1.54, 1.807) is 12.1 Å². The number of nitrogens with one attached hydrogen (secondary N) is 1. The summed E-state index contributed by atoms with van der Waals surface area (Å²) in [6.45, 7) is 7.17. The molecule has 1 N–H and O–H groups in total. The fourth-order valence-corrected chi connectivity index (χ4v) is 4.03. The first-order chi connectivity index (χ1) is 13.5. The van der Waals surface area contributed by atoms with Crippen LogP contribution >= 0.6 is 0 Å². The molecule has 0 aromatic heterocycles. The van der Waals surface area contributed by atoms with E-state index in [0.717, 1.165) is 43.1 Å². The molecule has 0 radical (unpaired) electrons. The number of amides is 3. The number of benzene rings is 1. The minimum Gasteiger partial charge on any atom is -0.369 e. The largest absolute Gasteiger partial charge is 0.369 e. The maximum atomic E-state index is 12.9. The molecule has 4 rings (SSSR count). The third kappa shape index (κ3) is 3.09. The minimum atomic E-state index is -0.798. The number of rotatable bonds is 4. The highest BCUT2D eigenvalue weighted by molar-refractivity contribution is 6.23. The number of hydrogen-bond donors (Lipinski definition) is 1. The van der Waals surface area contributed by atoms with E-state index in [0.29, 0.717) is 36.2 Å². The van der Waals surface area contributed by atoms with Crippen LogP contribution in [0.1, 0.15) is 33.6 Å². The summed E-state index contributed by atoms with van der Waals surface area (Å²) in [5.41, 5.74) is 2.16. The van der Waals surface area contributed by atoms with E-state index in [1.165, 1.54) is 0 Å². The summed E-state index contributed by atoms with van der Waals surface area (Å²) in [6, 6.07) is 4.45. The van der Waals surface area contributed by atoms with Gasteiger partial charge in [-0.15, -0.1) is 0 Å². The molecule has 8 nitrogen and oxygen atoms in total. The van der Waals surface area contributed by atoms with Gasteiger partial charge in [-0.2, -0.15) is 0 Å². The quantitative estimate of drug-likeness (QED) is 0.599. The number of anilines is 1. The van der Waals surface area contributed by atoms with Crippen LogP contribution in [0.4, 0.5) is 5.69 Å². The molecule has 1 unspecified atom stereocenters. The van der Waals surface area contributed by atoms with Gasteiger partial charge in [0, 0.05) is 37.6 Å². The lowest BCUT2D eigenvalue weighted by Crippen LogP contribution is -2.51. The zero-order valence-corrected chi connectivity index (χ0v) is 15.5. The Labute approximate surface area is 162 Å². The fraction of sp³-hybridized carbons (Fsp3) is 0.400. The molecule has 0 spiro atoms. The molecule has 146 valence electrons. The van der Waals surface area contributed by atoms with Crippen LogP contribution in [-0.2, 0) is 9.59 Å². The highest BCUT2D eigenvalue weighted by Gasteiger charge is 2.44. The van der Waals surface area contributed by atoms with E-state index in [2.05, 4.69) is 21.7 Å². The smallest absolute Gasteiger partial charge is 0.262 e. The Bertz CT molecular complexity index is 873. The third-order valence-corrected chi connectivity index (χ3v) is 5.61. The molecule has 3 amide bonds. The molecule has 1 atom stereocenters. The van der Waals surface area contributed by atoms with Crippen molar-refractivity contribution in [1.29, 1.82) is 0 Å². The zero-order valence-electron chi connectivity index (χ0n) is 15.5. The second kappa shape index (κ2) is 7.20. The van der Waals surface area contributed by atoms with Crippen LogP contribution in [0.15, 0.2) is 30.5 Å². The van der Waals surface area contributed by atoms with Crippen LogP contribution in [0.2, 0.25) is 0 Å². The van der Waals surface area contributed by atoms with Crippen molar-refractivity contribution in [3.05, 3.63) is 41.6 Å². The highest BCUT2D eigenvalue weighted by Crippen LogP contribution is 2.31. The summed E-state index contributed by atoms with van der Waals surface area (Å²) in [4.78, 5) is 54.0. The van der Waals surface area contributed by atoms with Gasteiger partial charge in [0.25, 0.3) is 11.8 Å². The van der Waals surface area contributed by atoms with Crippen molar-refractivity contribution in [2.24, 2.45) is 0 Å². The predicted octanol–water partition coefficient (Wildman–Crippen LogP) is 0.396. The molecule has 2 saturated heterocycles. The van der Waals surface area contributed by atoms with Crippen molar-refractivity contribution in [3.8, 4) is 0 Å². The van der Waals surface area contributed by atoms with Gasteiger partial charge in [-0.05, 0) is 31.0 Å². The molecule has 3 aliphatic rings. The molecular weight excluding hydrogens is 360 g/mol. The zero-order chi connectivity index (χ0) is 19.8. The summed E-state index contributed by atoms with van der Waals surface area (Å²) in [5.74, 6) is -1.21. The first-order valence-electron chi connectivity index (χ1n) is 9.41. The van der Waals surface area contributed by atoms with Gasteiger partial charge in [-0.1, -0.05) is 6.58 Å². The lowest BCUT2D eigenvalue weighted by atomic mass is 10.0. The van der Waals surface area contributed by atoms with Gasteiger partial charge in [0.1, 0.15) is 12.3 Å². The first-order valence-corrected chi connectivity index (χ1v) is 9.41. The number of piperazine rings is 1. The predicted molar refractivity (Wildman–Crippen MR) is 102 cm³/mol. The van der Waals surface area contributed by atoms with Crippen LogP contribution in [-0.4, -0.2) is 72.6 Å². The number of carbonyl (C=O) groups excluding carboxylic acids is 4. The molecule has 1 aromatic carbocycles. The summed E-state index contributed by atoms with van der Waals surface area (Å²) >= 11 is 0. The Morgan fingerprint density at radius 2 is 1.79 bits per heavy atom. The molecule has 0 saturated carbocycles.